The number of carboxylic acid groups (broad SMARTS) is 1. The summed E-state index contributed by atoms with van der Waals surface area (Å²) >= 11 is 0. The van der Waals surface area contributed by atoms with Gasteiger partial charge in [-0.2, -0.15) is 0 Å². The van der Waals surface area contributed by atoms with E-state index in [2.05, 4.69) is 0 Å². The summed E-state index contributed by atoms with van der Waals surface area (Å²) in [5.74, 6) is -0.384. The van der Waals surface area contributed by atoms with E-state index in [9.17, 15) is 4.79 Å². The number of carbonyl (C=O) groups is 1. The van der Waals surface area contributed by atoms with Crippen LogP contribution in [0.25, 0.3) is 6.08 Å². The van der Waals surface area contributed by atoms with Crippen LogP contribution in [-0.4, -0.2) is 17.7 Å². The SMILES string of the molecule is CCCOC(=Cc1ccc(OCc2ccccc2)cc1)C(=O)O. The van der Waals surface area contributed by atoms with Crippen LogP contribution in [0.4, 0.5) is 0 Å². The molecule has 0 spiro atoms. The Kier molecular flexibility index (Phi) is 6.24. The number of rotatable bonds is 8. The molecule has 0 bridgehead atoms. The molecule has 4 heteroatoms. The minimum Gasteiger partial charge on any atom is -0.489 e. The van der Waals surface area contributed by atoms with Gasteiger partial charge in [0.25, 0.3) is 0 Å². The fourth-order valence-corrected chi connectivity index (χ4v) is 1.93. The number of aliphatic carboxylic acids is 1. The first-order chi connectivity index (χ1) is 11.2. The number of carboxylic acids is 1. The third kappa shape index (κ3) is 5.51. The van der Waals surface area contributed by atoms with Crippen LogP contribution in [-0.2, 0) is 16.1 Å². The van der Waals surface area contributed by atoms with Crippen LogP contribution in [0.15, 0.2) is 60.4 Å². The molecule has 2 rings (SSSR count). The molecular weight excluding hydrogens is 292 g/mol. The highest BCUT2D eigenvalue weighted by molar-refractivity contribution is 5.89. The Hall–Kier alpha value is -2.75. The summed E-state index contributed by atoms with van der Waals surface area (Å²) < 4.78 is 10.9. The molecule has 0 saturated heterocycles. The highest BCUT2D eigenvalue weighted by Gasteiger charge is 2.08. The monoisotopic (exact) mass is 312 g/mol. The summed E-state index contributed by atoms with van der Waals surface area (Å²) in [6.07, 6.45) is 2.27. The molecule has 0 saturated carbocycles. The van der Waals surface area contributed by atoms with Crippen LogP contribution in [0.3, 0.4) is 0 Å². The van der Waals surface area contributed by atoms with Crippen LogP contribution in [0, 0.1) is 0 Å². The summed E-state index contributed by atoms with van der Waals surface area (Å²) in [5, 5.41) is 9.11. The summed E-state index contributed by atoms with van der Waals surface area (Å²) in [5.41, 5.74) is 1.85. The molecule has 0 radical (unpaired) electrons. The predicted molar refractivity (Wildman–Crippen MR) is 89.1 cm³/mol. The van der Waals surface area contributed by atoms with E-state index in [4.69, 9.17) is 14.6 Å². The number of benzene rings is 2. The molecule has 0 atom stereocenters. The van der Waals surface area contributed by atoms with Gasteiger partial charge in [-0.3, -0.25) is 0 Å². The Morgan fingerprint density at radius 3 is 2.39 bits per heavy atom. The van der Waals surface area contributed by atoms with E-state index >= 15 is 0 Å². The zero-order valence-electron chi connectivity index (χ0n) is 13.1. The quantitative estimate of drug-likeness (QED) is 0.588. The van der Waals surface area contributed by atoms with Crippen LogP contribution < -0.4 is 4.74 Å². The maximum Gasteiger partial charge on any atom is 0.371 e. The van der Waals surface area contributed by atoms with Crippen molar-refractivity contribution in [3.8, 4) is 5.75 Å². The van der Waals surface area contributed by atoms with Crippen LogP contribution in [0.1, 0.15) is 24.5 Å². The van der Waals surface area contributed by atoms with Gasteiger partial charge >= 0.3 is 5.97 Å². The van der Waals surface area contributed by atoms with Crippen LogP contribution in [0.5, 0.6) is 5.75 Å². The summed E-state index contributed by atoms with van der Waals surface area (Å²) in [7, 11) is 0. The highest BCUT2D eigenvalue weighted by atomic mass is 16.5. The Bertz CT molecular complexity index is 645. The summed E-state index contributed by atoms with van der Waals surface area (Å²) in [6.45, 7) is 2.81. The molecule has 0 heterocycles. The maximum absolute atomic E-state index is 11.1. The minimum atomic E-state index is -1.07. The van der Waals surface area contributed by atoms with Gasteiger partial charge in [0.15, 0.2) is 0 Å². The fourth-order valence-electron chi connectivity index (χ4n) is 1.93. The van der Waals surface area contributed by atoms with E-state index in [1.165, 1.54) is 6.08 Å². The first kappa shape index (κ1) is 16.6. The molecule has 0 aliphatic heterocycles. The van der Waals surface area contributed by atoms with Crippen molar-refractivity contribution in [2.24, 2.45) is 0 Å². The van der Waals surface area contributed by atoms with Gasteiger partial charge in [0.2, 0.25) is 5.76 Å². The van der Waals surface area contributed by atoms with Crippen molar-refractivity contribution < 1.29 is 19.4 Å². The van der Waals surface area contributed by atoms with Crippen LogP contribution in [0.2, 0.25) is 0 Å². The number of ether oxygens (including phenoxy) is 2. The van der Waals surface area contributed by atoms with Gasteiger partial charge in [0, 0.05) is 0 Å². The van der Waals surface area contributed by atoms with Gasteiger partial charge < -0.3 is 14.6 Å². The van der Waals surface area contributed by atoms with Crippen molar-refractivity contribution in [1.82, 2.24) is 0 Å². The van der Waals surface area contributed by atoms with Gasteiger partial charge in [-0.05, 0) is 35.8 Å². The molecule has 0 fully saturated rings. The normalized spacial score (nSPS) is 11.1. The third-order valence-electron chi connectivity index (χ3n) is 3.10. The van der Waals surface area contributed by atoms with Gasteiger partial charge in [-0.15, -0.1) is 0 Å². The fraction of sp³-hybridized carbons (Fsp3) is 0.211. The standard InChI is InChI=1S/C19H20O4/c1-2-12-22-18(19(20)21)13-15-8-10-17(11-9-15)23-14-16-6-4-3-5-7-16/h3-11,13H,2,12,14H2,1H3,(H,20,21). The van der Waals surface area contributed by atoms with Crippen molar-refractivity contribution in [2.75, 3.05) is 6.61 Å². The molecule has 120 valence electrons. The van der Waals surface area contributed by atoms with E-state index < -0.39 is 5.97 Å². The van der Waals surface area contributed by atoms with E-state index in [0.717, 1.165) is 23.3 Å². The molecule has 4 nitrogen and oxygen atoms in total. The highest BCUT2D eigenvalue weighted by Crippen LogP contribution is 2.16. The average molecular weight is 312 g/mol. The van der Waals surface area contributed by atoms with Crippen LogP contribution >= 0.6 is 0 Å². The Balaban J connectivity index is 1.99. The molecule has 0 unspecified atom stereocenters. The molecule has 0 aliphatic carbocycles. The summed E-state index contributed by atoms with van der Waals surface area (Å²) in [4.78, 5) is 11.1. The maximum atomic E-state index is 11.1. The lowest BCUT2D eigenvalue weighted by Crippen LogP contribution is -2.05. The van der Waals surface area contributed by atoms with Gasteiger partial charge in [0.1, 0.15) is 12.4 Å². The Morgan fingerprint density at radius 2 is 1.78 bits per heavy atom. The van der Waals surface area contributed by atoms with Crippen molar-refractivity contribution in [2.45, 2.75) is 20.0 Å². The third-order valence-corrected chi connectivity index (χ3v) is 3.10. The lowest BCUT2D eigenvalue weighted by molar-refractivity contribution is -0.136. The van der Waals surface area contributed by atoms with Crippen molar-refractivity contribution >= 4 is 12.0 Å². The molecule has 2 aromatic carbocycles. The average Bonchev–Trinajstić information content (AvgIpc) is 2.58. The largest absolute Gasteiger partial charge is 0.489 e. The van der Waals surface area contributed by atoms with E-state index in [1.54, 1.807) is 12.1 Å². The number of hydrogen-bond donors (Lipinski definition) is 1. The zero-order chi connectivity index (χ0) is 16.5. The van der Waals surface area contributed by atoms with E-state index in [0.29, 0.717) is 13.2 Å². The lowest BCUT2D eigenvalue weighted by Gasteiger charge is -2.07. The second-order valence-corrected chi connectivity index (χ2v) is 5.01. The lowest BCUT2D eigenvalue weighted by atomic mass is 10.2. The molecule has 1 N–H and O–H groups in total. The predicted octanol–water partition coefficient (Wildman–Crippen LogP) is 4.12. The second-order valence-electron chi connectivity index (χ2n) is 5.01. The van der Waals surface area contributed by atoms with Crippen molar-refractivity contribution in [3.05, 3.63) is 71.5 Å². The first-order valence-electron chi connectivity index (χ1n) is 7.53. The first-order valence-corrected chi connectivity index (χ1v) is 7.53. The smallest absolute Gasteiger partial charge is 0.371 e. The topological polar surface area (TPSA) is 55.8 Å². The van der Waals surface area contributed by atoms with Gasteiger partial charge in [-0.1, -0.05) is 49.4 Å². The Morgan fingerprint density at radius 1 is 1.09 bits per heavy atom. The van der Waals surface area contributed by atoms with Crippen molar-refractivity contribution in [1.29, 1.82) is 0 Å². The molecule has 0 amide bonds. The minimum absolute atomic E-state index is 0.0511. The second kappa shape index (κ2) is 8.63. The summed E-state index contributed by atoms with van der Waals surface area (Å²) in [6, 6.07) is 17.1. The van der Waals surface area contributed by atoms with Gasteiger partial charge in [0.05, 0.1) is 6.61 Å². The molecule has 0 aliphatic rings. The molecule has 23 heavy (non-hydrogen) atoms. The van der Waals surface area contributed by atoms with Crippen molar-refractivity contribution in [3.63, 3.8) is 0 Å². The van der Waals surface area contributed by atoms with Gasteiger partial charge in [-0.25, -0.2) is 4.79 Å². The molecule has 2 aromatic rings. The van der Waals surface area contributed by atoms with E-state index in [-0.39, 0.29) is 5.76 Å². The number of hydrogen-bond acceptors (Lipinski definition) is 3. The molecule has 0 aromatic heterocycles. The van der Waals surface area contributed by atoms with E-state index in [1.807, 2.05) is 49.4 Å². The zero-order valence-corrected chi connectivity index (χ0v) is 13.1. The Labute approximate surface area is 136 Å². The molecular formula is C19H20O4.